The third-order valence-electron chi connectivity index (χ3n) is 3.91. The van der Waals surface area contributed by atoms with Crippen molar-refractivity contribution in [3.05, 3.63) is 60.2 Å². The molecule has 4 heteroatoms. The zero-order chi connectivity index (χ0) is 17.2. The van der Waals surface area contributed by atoms with E-state index in [1.54, 1.807) is 0 Å². The van der Waals surface area contributed by atoms with Crippen LogP contribution in [0.5, 0.6) is 0 Å². The summed E-state index contributed by atoms with van der Waals surface area (Å²) in [7, 11) is 0. The number of nitrogens with one attached hydrogen (secondary N) is 2. The smallest absolute Gasteiger partial charge is 0.315 e. The Bertz CT molecular complexity index is 629. The lowest BCUT2D eigenvalue weighted by atomic mass is 10.0. The zero-order valence-corrected chi connectivity index (χ0v) is 14.2. The Balaban J connectivity index is 1.79. The van der Waals surface area contributed by atoms with Gasteiger partial charge >= 0.3 is 6.03 Å². The molecule has 0 saturated heterocycles. The monoisotopic (exact) mass is 326 g/mol. The quantitative estimate of drug-likeness (QED) is 0.696. The summed E-state index contributed by atoms with van der Waals surface area (Å²) >= 11 is 0. The predicted octanol–water partition coefficient (Wildman–Crippen LogP) is 3.36. The fourth-order valence-electron chi connectivity index (χ4n) is 2.60. The van der Waals surface area contributed by atoms with Crippen molar-refractivity contribution in [3.63, 3.8) is 0 Å². The molecule has 2 aromatic carbocycles. The fourth-order valence-corrected chi connectivity index (χ4v) is 2.60. The number of benzene rings is 2. The minimum absolute atomic E-state index is 0.0681. The van der Waals surface area contributed by atoms with Gasteiger partial charge in [-0.25, -0.2) is 4.79 Å². The number of urea groups is 1. The highest BCUT2D eigenvalue weighted by Gasteiger charge is 2.06. The van der Waals surface area contributed by atoms with Gasteiger partial charge < -0.3 is 15.7 Å². The molecule has 0 saturated carbocycles. The second-order valence-electron chi connectivity index (χ2n) is 5.98. The Kier molecular flexibility index (Phi) is 7.30. The van der Waals surface area contributed by atoms with Gasteiger partial charge in [0.05, 0.1) is 0 Å². The third kappa shape index (κ3) is 6.05. The van der Waals surface area contributed by atoms with Crippen LogP contribution in [0.25, 0.3) is 11.1 Å². The average Bonchev–Trinajstić information content (AvgIpc) is 2.61. The highest BCUT2D eigenvalue weighted by atomic mass is 16.3. The Labute approximate surface area is 143 Å². The molecule has 0 fully saturated rings. The van der Waals surface area contributed by atoms with E-state index in [1.807, 2.05) is 25.1 Å². The van der Waals surface area contributed by atoms with Gasteiger partial charge in [-0.2, -0.15) is 0 Å². The maximum atomic E-state index is 11.8. The summed E-state index contributed by atoms with van der Waals surface area (Å²) in [5.74, 6) is 0. The van der Waals surface area contributed by atoms with Crippen LogP contribution in [0.15, 0.2) is 54.6 Å². The lowest BCUT2D eigenvalue weighted by Gasteiger charge is -2.14. The molecule has 0 bridgehead atoms. The van der Waals surface area contributed by atoms with E-state index in [9.17, 15) is 4.79 Å². The van der Waals surface area contributed by atoms with Crippen LogP contribution < -0.4 is 10.6 Å². The van der Waals surface area contributed by atoms with E-state index in [-0.39, 0.29) is 18.7 Å². The SMILES string of the molecule is CC(CCCO)NC(=O)NCCc1cccc(-c2ccccc2)c1. The maximum absolute atomic E-state index is 11.8. The van der Waals surface area contributed by atoms with E-state index >= 15 is 0 Å². The van der Waals surface area contributed by atoms with Crippen molar-refractivity contribution < 1.29 is 9.90 Å². The van der Waals surface area contributed by atoms with Crippen molar-refractivity contribution in [2.24, 2.45) is 0 Å². The highest BCUT2D eigenvalue weighted by Crippen LogP contribution is 2.20. The molecule has 0 radical (unpaired) electrons. The number of rotatable bonds is 8. The summed E-state index contributed by atoms with van der Waals surface area (Å²) in [4.78, 5) is 11.8. The van der Waals surface area contributed by atoms with E-state index < -0.39 is 0 Å². The molecule has 0 aromatic heterocycles. The number of hydrogen-bond donors (Lipinski definition) is 3. The Morgan fingerprint density at radius 3 is 2.58 bits per heavy atom. The maximum Gasteiger partial charge on any atom is 0.315 e. The van der Waals surface area contributed by atoms with Crippen molar-refractivity contribution >= 4 is 6.03 Å². The average molecular weight is 326 g/mol. The molecule has 2 rings (SSSR count). The summed E-state index contributed by atoms with van der Waals surface area (Å²) in [6.45, 7) is 2.70. The molecule has 0 aliphatic heterocycles. The molecule has 1 atom stereocenters. The van der Waals surface area contributed by atoms with Gasteiger partial charge in [0.1, 0.15) is 0 Å². The molecule has 2 amide bonds. The van der Waals surface area contributed by atoms with Crippen LogP contribution in [0.4, 0.5) is 4.79 Å². The molecule has 4 nitrogen and oxygen atoms in total. The molecular formula is C20H26N2O2. The van der Waals surface area contributed by atoms with Crippen molar-refractivity contribution in [1.82, 2.24) is 10.6 Å². The van der Waals surface area contributed by atoms with Crippen molar-refractivity contribution in [2.45, 2.75) is 32.2 Å². The van der Waals surface area contributed by atoms with E-state index in [2.05, 4.69) is 47.0 Å². The number of aliphatic hydroxyl groups is 1. The molecule has 2 aromatic rings. The molecule has 1 unspecified atom stereocenters. The summed E-state index contributed by atoms with van der Waals surface area (Å²) in [6, 6.07) is 18.6. The van der Waals surface area contributed by atoms with Crippen molar-refractivity contribution in [2.75, 3.05) is 13.2 Å². The molecule has 3 N–H and O–H groups in total. The normalized spacial score (nSPS) is 11.8. The topological polar surface area (TPSA) is 61.4 Å². The van der Waals surface area contributed by atoms with Crippen molar-refractivity contribution in [1.29, 1.82) is 0 Å². The molecule has 0 aliphatic carbocycles. The van der Waals surface area contributed by atoms with Gasteiger partial charge in [0.25, 0.3) is 0 Å². The Hall–Kier alpha value is -2.33. The first-order valence-electron chi connectivity index (χ1n) is 8.48. The lowest BCUT2D eigenvalue weighted by molar-refractivity contribution is 0.234. The summed E-state index contributed by atoms with van der Waals surface area (Å²) < 4.78 is 0. The molecule has 0 spiro atoms. The van der Waals surface area contributed by atoms with Gasteiger partial charge in [0, 0.05) is 19.2 Å². The third-order valence-corrected chi connectivity index (χ3v) is 3.91. The second kappa shape index (κ2) is 9.73. The van der Waals surface area contributed by atoms with Gasteiger partial charge in [-0.1, -0.05) is 54.6 Å². The lowest BCUT2D eigenvalue weighted by Crippen LogP contribution is -2.41. The van der Waals surface area contributed by atoms with Gasteiger partial charge in [-0.3, -0.25) is 0 Å². The highest BCUT2D eigenvalue weighted by molar-refractivity contribution is 5.74. The summed E-state index contributed by atoms with van der Waals surface area (Å²) in [6.07, 6.45) is 2.27. The van der Waals surface area contributed by atoms with Crippen LogP contribution in [0, 0.1) is 0 Å². The Morgan fingerprint density at radius 1 is 1.08 bits per heavy atom. The fraction of sp³-hybridized carbons (Fsp3) is 0.350. The van der Waals surface area contributed by atoms with E-state index in [0.717, 1.165) is 12.8 Å². The summed E-state index contributed by atoms with van der Waals surface area (Å²) in [5, 5.41) is 14.6. The van der Waals surface area contributed by atoms with Crippen LogP contribution in [0.1, 0.15) is 25.3 Å². The minimum atomic E-state index is -0.153. The standard InChI is InChI=1S/C20H26N2O2/c1-16(7-6-14-23)22-20(24)21-13-12-17-8-5-11-19(15-17)18-9-3-2-4-10-18/h2-5,8-11,15-16,23H,6-7,12-14H2,1H3,(H2,21,22,24). The minimum Gasteiger partial charge on any atom is -0.396 e. The van der Waals surface area contributed by atoms with E-state index in [4.69, 9.17) is 5.11 Å². The first kappa shape index (κ1) is 18.0. The molecule has 0 aliphatic rings. The summed E-state index contributed by atoms with van der Waals surface area (Å²) in [5.41, 5.74) is 3.59. The zero-order valence-electron chi connectivity index (χ0n) is 14.2. The van der Waals surface area contributed by atoms with Gasteiger partial charge in [0.2, 0.25) is 0 Å². The van der Waals surface area contributed by atoms with Crippen LogP contribution in [0.2, 0.25) is 0 Å². The van der Waals surface area contributed by atoms with Gasteiger partial charge in [-0.05, 0) is 42.9 Å². The number of carbonyl (C=O) groups is 1. The van der Waals surface area contributed by atoms with Crippen LogP contribution in [-0.4, -0.2) is 30.3 Å². The number of amides is 2. The molecule has 128 valence electrons. The molecule has 24 heavy (non-hydrogen) atoms. The molecular weight excluding hydrogens is 300 g/mol. The van der Waals surface area contributed by atoms with Crippen molar-refractivity contribution in [3.8, 4) is 11.1 Å². The second-order valence-corrected chi connectivity index (χ2v) is 5.98. The molecule has 0 heterocycles. The van der Waals surface area contributed by atoms with Gasteiger partial charge in [0.15, 0.2) is 0 Å². The number of carbonyl (C=O) groups excluding carboxylic acids is 1. The Morgan fingerprint density at radius 2 is 1.83 bits per heavy atom. The van der Waals surface area contributed by atoms with Crippen LogP contribution >= 0.6 is 0 Å². The van der Waals surface area contributed by atoms with Gasteiger partial charge in [-0.15, -0.1) is 0 Å². The first-order valence-corrected chi connectivity index (χ1v) is 8.48. The number of aliphatic hydroxyl groups excluding tert-OH is 1. The van der Waals surface area contributed by atoms with E-state index in [1.165, 1.54) is 16.7 Å². The van der Waals surface area contributed by atoms with E-state index in [0.29, 0.717) is 13.0 Å². The predicted molar refractivity (Wildman–Crippen MR) is 97.9 cm³/mol. The first-order chi connectivity index (χ1) is 11.7. The largest absolute Gasteiger partial charge is 0.396 e. The van der Waals surface area contributed by atoms with Crippen LogP contribution in [-0.2, 0) is 6.42 Å². The number of hydrogen-bond acceptors (Lipinski definition) is 2. The van der Waals surface area contributed by atoms with Crippen LogP contribution in [0.3, 0.4) is 0 Å².